The molecule has 0 aliphatic carbocycles. The van der Waals surface area contributed by atoms with Crippen LogP contribution in [-0.2, 0) is 0 Å². The van der Waals surface area contributed by atoms with Crippen LogP contribution in [0.5, 0.6) is 0 Å². The molecule has 0 bridgehead atoms. The first kappa shape index (κ1) is 12.2. The molecule has 2 amide bonds. The van der Waals surface area contributed by atoms with Gasteiger partial charge in [-0.1, -0.05) is 6.07 Å². The van der Waals surface area contributed by atoms with Crippen LogP contribution in [0.3, 0.4) is 0 Å². The maximum Gasteiger partial charge on any atom is 0.266 e. The number of hydrogen-bond acceptors (Lipinski definition) is 4. The van der Waals surface area contributed by atoms with E-state index < -0.39 is 0 Å². The highest BCUT2D eigenvalue weighted by Crippen LogP contribution is 2.32. The highest BCUT2D eigenvalue weighted by molar-refractivity contribution is 6.34. The van der Waals surface area contributed by atoms with Crippen molar-refractivity contribution in [3.05, 3.63) is 53.1 Å². The number of benzene rings is 2. The number of rotatable bonds is 1. The van der Waals surface area contributed by atoms with Crippen LogP contribution in [-0.4, -0.2) is 11.8 Å². The monoisotopic (exact) mass is 267 g/mol. The summed E-state index contributed by atoms with van der Waals surface area (Å²) in [6.07, 6.45) is 0. The molecule has 100 valence electrons. The molecular weight excluding hydrogens is 254 g/mol. The number of anilines is 3. The SMILES string of the molecule is Cc1ccc(N)cc1N1C(=O)c2ccc(N)cc2C1=O. The quantitative estimate of drug-likeness (QED) is 0.610. The Kier molecular flexibility index (Phi) is 2.50. The first-order chi connectivity index (χ1) is 9.49. The molecule has 5 heteroatoms. The van der Waals surface area contributed by atoms with E-state index in [9.17, 15) is 9.59 Å². The van der Waals surface area contributed by atoms with Gasteiger partial charge in [-0.25, -0.2) is 4.90 Å². The van der Waals surface area contributed by atoms with E-state index in [1.165, 1.54) is 6.07 Å². The smallest absolute Gasteiger partial charge is 0.266 e. The van der Waals surface area contributed by atoms with Crippen LogP contribution >= 0.6 is 0 Å². The van der Waals surface area contributed by atoms with Crippen molar-refractivity contribution in [2.24, 2.45) is 0 Å². The summed E-state index contributed by atoms with van der Waals surface area (Å²) < 4.78 is 0. The number of nitrogen functional groups attached to an aromatic ring is 2. The minimum atomic E-state index is -0.369. The summed E-state index contributed by atoms with van der Waals surface area (Å²) >= 11 is 0. The normalized spacial score (nSPS) is 13.8. The first-order valence-corrected chi connectivity index (χ1v) is 6.13. The van der Waals surface area contributed by atoms with Crippen molar-refractivity contribution < 1.29 is 9.59 Å². The van der Waals surface area contributed by atoms with E-state index >= 15 is 0 Å². The van der Waals surface area contributed by atoms with Gasteiger partial charge in [-0.3, -0.25) is 9.59 Å². The van der Waals surface area contributed by atoms with Crippen molar-refractivity contribution >= 4 is 28.9 Å². The molecule has 0 radical (unpaired) electrons. The molecule has 1 heterocycles. The number of amides is 2. The summed E-state index contributed by atoms with van der Waals surface area (Å²) in [6, 6.07) is 9.85. The van der Waals surface area contributed by atoms with E-state index in [4.69, 9.17) is 11.5 Å². The predicted octanol–water partition coefficient (Wildman–Crippen LogP) is 1.96. The molecule has 3 rings (SSSR count). The number of nitrogens with zero attached hydrogens (tertiary/aromatic N) is 1. The van der Waals surface area contributed by atoms with Crippen molar-refractivity contribution in [1.82, 2.24) is 0 Å². The van der Waals surface area contributed by atoms with Crippen LogP contribution in [0.1, 0.15) is 26.3 Å². The Morgan fingerprint density at radius 3 is 2.20 bits per heavy atom. The van der Waals surface area contributed by atoms with E-state index in [-0.39, 0.29) is 11.8 Å². The summed E-state index contributed by atoms with van der Waals surface area (Å²) in [7, 11) is 0. The topological polar surface area (TPSA) is 89.4 Å². The second-order valence-electron chi connectivity index (χ2n) is 4.80. The molecular formula is C15H13N3O2. The van der Waals surface area contributed by atoms with Crippen LogP contribution in [0.4, 0.5) is 17.1 Å². The third-order valence-electron chi connectivity index (χ3n) is 3.38. The Hall–Kier alpha value is -2.82. The van der Waals surface area contributed by atoms with Crippen LogP contribution in [0, 0.1) is 6.92 Å². The molecule has 1 aliphatic rings. The minimum Gasteiger partial charge on any atom is -0.399 e. The van der Waals surface area contributed by atoms with Gasteiger partial charge in [0.1, 0.15) is 0 Å². The molecule has 0 saturated heterocycles. The third kappa shape index (κ3) is 1.64. The zero-order valence-electron chi connectivity index (χ0n) is 10.9. The Morgan fingerprint density at radius 2 is 1.45 bits per heavy atom. The van der Waals surface area contributed by atoms with Gasteiger partial charge < -0.3 is 11.5 Å². The molecule has 0 atom stereocenters. The zero-order valence-corrected chi connectivity index (χ0v) is 10.9. The number of carbonyl (C=O) groups excluding carboxylic acids is 2. The standard InChI is InChI=1S/C15H13N3O2/c1-8-2-3-10(17)7-13(8)18-14(19)11-5-4-9(16)6-12(11)15(18)20/h2-7H,16-17H2,1H3. The van der Waals surface area contributed by atoms with Crippen molar-refractivity contribution in [2.75, 3.05) is 16.4 Å². The fraction of sp³-hybridized carbons (Fsp3) is 0.0667. The molecule has 4 N–H and O–H groups in total. The number of nitrogens with two attached hydrogens (primary N) is 2. The summed E-state index contributed by atoms with van der Waals surface area (Å²) in [6.45, 7) is 1.83. The third-order valence-corrected chi connectivity index (χ3v) is 3.38. The van der Waals surface area contributed by atoms with Crippen LogP contribution in [0.15, 0.2) is 36.4 Å². The Bertz CT molecular complexity index is 753. The van der Waals surface area contributed by atoms with Gasteiger partial charge in [0.05, 0.1) is 16.8 Å². The summed E-state index contributed by atoms with van der Waals surface area (Å²) in [5.74, 6) is -0.718. The van der Waals surface area contributed by atoms with E-state index in [0.717, 1.165) is 10.5 Å². The lowest BCUT2D eigenvalue weighted by Gasteiger charge is -2.17. The van der Waals surface area contributed by atoms with E-state index in [0.29, 0.717) is 28.2 Å². The van der Waals surface area contributed by atoms with Gasteiger partial charge in [-0.05, 0) is 42.8 Å². The van der Waals surface area contributed by atoms with Crippen molar-refractivity contribution in [2.45, 2.75) is 6.92 Å². The van der Waals surface area contributed by atoms with Crippen LogP contribution < -0.4 is 16.4 Å². The molecule has 0 saturated carbocycles. The second-order valence-corrected chi connectivity index (χ2v) is 4.80. The molecule has 0 fully saturated rings. The number of imide groups is 1. The van der Waals surface area contributed by atoms with Crippen molar-refractivity contribution in [3.63, 3.8) is 0 Å². The highest BCUT2D eigenvalue weighted by Gasteiger charge is 2.37. The molecule has 2 aromatic rings. The van der Waals surface area contributed by atoms with Crippen LogP contribution in [0.2, 0.25) is 0 Å². The molecule has 1 aliphatic heterocycles. The van der Waals surface area contributed by atoms with Gasteiger partial charge in [-0.2, -0.15) is 0 Å². The van der Waals surface area contributed by atoms with Gasteiger partial charge in [0.25, 0.3) is 11.8 Å². The summed E-state index contributed by atoms with van der Waals surface area (Å²) in [5, 5.41) is 0. The van der Waals surface area contributed by atoms with Gasteiger partial charge in [-0.15, -0.1) is 0 Å². The van der Waals surface area contributed by atoms with E-state index in [1.807, 2.05) is 6.92 Å². The molecule has 20 heavy (non-hydrogen) atoms. The second kappa shape index (κ2) is 4.09. The maximum absolute atomic E-state index is 12.4. The van der Waals surface area contributed by atoms with Crippen molar-refractivity contribution in [1.29, 1.82) is 0 Å². The fourth-order valence-electron chi connectivity index (χ4n) is 2.34. The average molecular weight is 267 g/mol. The molecule has 0 unspecified atom stereocenters. The fourth-order valence-corrected chi connectivity index (χ4v) is 2.34. The Morgan fingerprint density at radius 1 is 0.850 bits per heavy atom. The highest BCUT2D eigenvalue weighted by atomic mass is 16.2. The van der Waals surface area contributed by atoms with Crippen molar-refractivity contribution in [3.8, 4) is 0 Å². The Balaban J connectivity index is 2.16. The lowest BCUT2D eigenvalue weighted by Crippen LogP contribution is -2.30. The molecule has 0 spiro atoms. The zero-order chi connectivity index (χ0) is 14.4. The molecule has 0 aromatic heterocycles. The summed E-state index contributed by atoms with van der Waals surface area (Å²) in [4.78, 5) is 26.0. The van der Waals surface area contributed by atoms with Gasteiger partial charge in [0.2, 0.25) is 0 Å². The van der Waals surface area contributed by atoms with E-state index in [1.54, 1.807) is 30.3 Å². The number of fused-ring (bicyclic) bond motifs is 1. The number of aryl methyl sites for hydroxylation is 1. The molecule has 5 nitrogen and oxygen atoms in total. The first-order valence-electron chi connectivity index (χ1n) is 6.13. The van der Waals surface area contributed by atoms with Crippen LogP contribution in [0.25, 0.3) is 0 Å². The largest absolute Gasteiger partial charge is 0.399 e. The van der Waals surface area contributed by atoms with Gasteiger partial charge in [0, 0.05) is 11.4 Å². The Labute approximate surface area is 115 Å². The summed E-state index contributed by atoms with van der Waals surface area (Å²) in [5.41, 5.74) is 14.4. The number of hydrogen-bond donors (Lipinski definition) is 2. The number of carbonyl (C=O) groups is 2. The van der Waals surface area contributed by atoms with E-state index in [2.05, 4.69) is 0 Å². The van der Waals surface area contributed by atoms with Gasteiger partial charge >= 0.3 is 0 Å². The lowest BCUT2D eigenvalue weighted by molar-refractivity contribution is 0.0926. The molecule has 2 aromatic carbocycles. The predicted molar refractivity (Wildman–Crippen MR) is 77.6 cm³/mol. The maximum atomic E-state index is 12.4. The minimum absolute atomic E-state index is 0.330. The lowest BCUT2D eigenvalue weighted by atomic mass is 10.1. The van der Waals surface area contributed by atoms with Gasteiger partial charge in [0.15, 0.2) is 0 Å². The average Bonchev–Trinajstić information content (AvgIpc) is 2.65.